The predicted octanol–water partition coefficient (Wildman–Crippen LogP) is 2.42. The molecule has 0 aliphatic heterocycles. The van der Waals surface area contributed by atoms with Gasteiger partial charge >= 0.3 is 0 Å². The zero-order valence-corrected chi connectivity index (χ0v) is 15.7. The minimum atomic E-state index is -3.28. The molecule has 2 aromatic rings. The van der Waals surface area contributed by atoms with Crippen LogP contribution in [0.15, 0.2) is 60.8 Å². The number of hydrogen-bond donors (Lipinski definition) is 4. The zero-order chi connectivity index (χ0) is 19.0. The molecule has 2 aromatic carbocycles. The molecule has 0 saturated heterocycles. The van der Waals surface area contributed by atoms with Crippen molar-refractivity contribution in [2.45, 2.75) is 0 Å². The molecule has 138 valence electrons. The molecule has 0 unspecified atom stereocenters. The highest BCUT2D eigenvalue weighted by molar-refractivity contribution is 7.89. The van der Waals surface area contributed by atoms with E-state index in [0.29, 0.717) is 11.3 Å². The van der Waals surface area contributed by atoms with Crippen LogP contribution < -0.4 is 15.4 Å². The molecule has 6 nitrogen and oxygen atoms in total. The van der Waals surface area contributed by atoms with Gasteiger partial charge in [-0.05, 0) is 42.6 Å². The van der Waals surface area contributed by atoms with Gasteiger partial charge < -0.3 is 16.0 Å². The summed E-state index contributed by atoms with van der Waals surface area (Å²) < 4.78 is 25.4. The Kier molecular flexibility index (Phi) is 6.94. The van der Waals surface area contributed by atoms with Crippen LogP contribution in [0.1, 0.15) is 5.56 Å². The summed E-state index contributed by atoms with van der Waals surface area (Å²) in [7, 11) is -0.112. The Labute approximate surface area is 154 Å². The van der Waals surface area contributed by atoms with Gasteiger partial charge in [0, 0.05) is 24.8 Å². The Bertz CT molecular complexity index is 878. The molecule has 0 radical (unpaired) electrons. The number of allylic oxidation sites excluding steroid dienone is 1. The first-order chi connectivity index (χ1) is 12.5. The standard InChI is InChI=1S/C19H24N4O2S/c1-21-11-10-18(20)17-14-16(15-6-4-3-5-7-15)8-9-19(17)23-12-13-26(24,25)22-2/h3-11,14,20-23H,12-13H2,1-2H3/b11-10-,20-18?. The highest BCUT2D eigenvalue weighted by atomic mass is 32.2. The van der Waals surface area contributed by atoms with Gasteiger partial charge in [0.25, 0.3) is 0 Å². The van der Waals surface area contributed by atoms with Crippen LogP contribution in [0, 0.1) is 5.41 Å². The second kappa shape index (κ2) is 9.17. The fourth-order valence-electron chi connectivity index (χ4n) is 2.41. The van der Waals surface area contributed by atoms with Crippen LogP contribution in [-0.2, 0) is 10.0 Å². The van der Waals surface area contributed by atoms with Gasteiger partial charge in [0.2, 0.25) is 10.0 Å². The number of sulfonamides is 1. The number of anilines is 1. The number of nitrogens with one attached hydrogen (secondary N) is 4. The van der Waals surface area contributed by atoms with Crippen LogP contribution in [0.3, 0.4) is 0 Å². The van der Waals surface area contributed by atoms with E-state index in [4.69, 9.17) is 5.41 Å². The van der Waals surface area contributed by atoms with E-state index in [1.54, 1.807) is 19.3 Å². The molecule has 0 spiro atoms. The molecule has 0 atom stereocenters. The lowest BCUT2D eigenvalue weighted by atomic mass is 9.99. The molecule has 7 heteroatoms. The van der Waals surface area contributed by atoms with E-state index in [1.807, 2.05) is 48.5 Å². The van der Waals surface area contributed by atoms with E-state index in [-0.39, 0.29) is 12.3 Å². The Hall–Kier alpha value is -2.64. The summed E-state index contributed by atoms with van der Waals surface area (Å²) in [5.41, 5.74) is 3.82. The van der Waals surface area contributed by atoms with Crippen LogP contribution in [0.4, 0.5) is 5.69 Å². The molecule has 0 aliphatic carbocycles. The molecular weight excluding hydrogens is 348 g/mol. The number of benzene rings is 2. The predicted molar refractivity (Wildman–Crippen MR) is 108 cm³/mol. The van der Waals surface area contributed by atoms with Crippen molar-refractivity contribution in [1.29, 1.82) is 5.41 Å². The molecule has 4 N–H and O–H groups in total. The number of rotatable bonds is 9. The summed E-state index contributed by atoms with van der Waals surface area (Å²) >= 11 is 0. The maximum Gasteiger partial charge on any atom is 0.213 e. The van der Waals surface area contributed by atoms with Crippen molar-refractivity contribution < 1.29 is 8.42 Å². The van der Waals surface area contributed by atoms with Crippen molar-refractivity contribution in [3.8, 4) is 11.1 Å². The summed E-state index contributed by atoms with van der Waals surface area (Å²) in [6, 6.07) is 15.7. The Balaban J connectivity index is 2.31. The fourth-order valence-corrected chi connectivity index (χ4v) is 2.98. The minimum Gasteiger partial charge on any atom is -0.394 e. The summed E-state index contributed by atoms with van der Waals surface area (Å²) in [5.74, 6) is -0.0386. The zero-order valence-electron chi connectivity index (χ0n) is 14.9. The SMILES string of the molecule is CN/C=C\C(=N)c1cc(-c2ccccc2)ccc1NCCS(=O)(=O)NC. The largest absolute Gasteiger partial charge is 0.394 e. The Morgan fingerprint density at radius 1 is 1.08 bits per heavy atom. The van der Waals surface area contributed by atoms with E-state index in [0.717, 1.165) is 16.8 Å². The van der Waals surface area contributed by atoms with Gasteiger partial charge in [-0.15, -0.1) is 0 Å². The van der Waals surface area contributed by atoms with Crippen LogP contribution in [-0.4, -0.2) is 40.5 Å². The van der Waals surface area contributed by atoms with Crippen molar-refractivity contribution in [1.82, 2.24) is 10.0 Å². The molecule has 2 rings (SSSR count). The second-order valence-electron chi connectivity index (χ2n) is 5.61. The van der Waals surface area contributed by atoms with Gasteiger partial charge in [0.1, 0.15) is 0 Å². The first-order valence-corrected chi connectivity index (χ1v) is 9.89. The van der Waals surface area contributed by atoms with Crippen LogP contribution >= 0.6 is 0 Å². The molecule has 0 saturated carbocycles. The van der Waals surface area contributed by atoms with Crippen molar-refractivity contribution in [2.75, 3.05) is 31.7 Å². The third-order valence-corrected chi connectivity index (χ3v) is 5.19. The average molecular weight is 372 g/mol. The smallest absolute Gasteiger partial charge is 0.213 e. The van der Waals surface area contributed by atoms with Crippen molar-refractivity contribution in [2.24, 2.45) is 0 Å². The van der Waals surface area contributed by atoms with E-state index < -0.39 is 10.0 Å². The van der Waals surface area contributed by atoms with Gasteiger partial charge in [0.15, 0.2) is 0 Å². The summed E-state index contributed by atoms with van der Waals surface area (Å²) in [6.07, 6.45) is 3.35. The van der Waals surface area contributed by atoms with Gasteiger partial charge in [-0.2, -0.15) is 0 Å². The minimum absolute atomic E-state index is 0.0386. The van der Waals surface area contributed by atoms with Gasteiger partial charge in [-0.3, -0.25) is 0 Å². The number of hydrogen-bond acceptors (Lipinski definition) is 5. The normalized spacial score (nSPS) is 11.5. The van der Waals surface area contributed by atoms with Crippen LogP contribution in [0.2, 0.25) is 0 Å². The van der Waals surface area contributed by atoms with Crippen LogP contribution in [0.5, 0.6) is 0 Å². The molecule has 0 aromatic heterocycles. The maximum absolute atomic E-state index is 11.6. The van der Waals surface area contributed by atoms with Gasteiger partial charge in [-0.1, -0.05) is 36.4 Å². The summed E-state index contributed by atoms with van der Waals surface area (Å²) in [6.45, 7) is 0.254. The van der Waals surface area contributed by atoms with Crippen molar-refractivity contribution >= 4 is 21.4 Å². The van der Waals surface area contributed by atoms with Crippen molar-refractivity contribution in [3.63, 3.8) is 0 Å². The lowest BCUT2D eigenvalue weighted by Crippen LogP contribution is -2.26. The Morgan fingerprint density at radius 2 is 1.81 bits per heavy atom. The van der Waals surface area contributed by atoms with Crippen molar-refractivity contribution in [3.05, 3.63) is 66.4 Å². The first-order valence-electron chi connectivity index (χ1n) is 8.24. The molecule has 0 bridgehead atoms. The van der Waals surface area contributed by atoms with E-state index in [2.05, 4.69) is 15.4 Å². The lowest BCUT2D eigenvalue weighted by Gasteiger charge is -2.14. The van der Waals surface area contributed by atoms with Gasteiger partial charge in [-0.25, -0.2) is 13.1 Å². The lowest BCUT2D eigenvalue weighted by molar-refractivity contribution is 0.588. The second-order valence-corrected chi connectivity index (χ2v) is 7.66. The molecule has 0 aliphatic rings. The van der Waals surface area contributed by atoms with E-state index in [1.165, 1.54) is 7.05 Å². The maximum atomic E-state index is 11.6. The monoisotopic (exact) mass is 372 g/mol. The quantitative estimate of drug-likeness (QED) is 0.509. The third kappa shape index (κ3) is 5.44. The molecule has 0 amide bonds. The fraction of sp³-hybridized carbons (Fsp3) is 0.211. The summed E-state index contributed by atoms with van der Waals surface area (Å²) in [4.78, 5) is 0. The summed E-state index contributed by atoms with van der Waals surface area (Å²) in [5, 5.41) is 14.3. The van der Waals surface area contributed by atoms with Gasteiger partial charge in [0.05, 0.1) is 11.5 Å². The van der Waals surface area contributed by atoms with E-state index >= 15 is 0 Å². The van der Waals surface area contributed by atoms with Crippen LogP contribution in [0.25, 0.3) is 11.1 Å². The molecule has 26 heavy (non-hydrogen) atoms. The molecular formula is C19H24N4O2S. The third-order valence-electron chi connectivity index (χ3n) is 3.83. The molecule has 0 fully saturated rings. The highest BCUT2D eigenvalue weighted by Crippen LogP contribution is 2.26. The molecule has 0 heterocycles. The first kappa shape index (κ1) is 19.7. The highest BCUT2D eigenvalue weighted by Gasteiger charge is 2.11. The topological polar surface area (TPSA) is 94.1 Å². The average Bonchev–Trinajstić information content (AvgIpc) is 2.67. The van der Waals surface area contributed by atoms with E-state index in [9.17, 15) is 8.42 Å². The Morgan fingerprint density at radius 3 is 2.46 bits per heavy atom.